The summed E-state index contributed by atoms with van der Waals surface area (Å²) in [4.78, 5) is 29.9. The number of hydrogen-bond acceptors (Lipinski definition) is 5. The minimum atomic E-state index is -0.639. The normalized spacial score (nSPS) is 12.8. The molecule has 0 aromatic carbocycles. The van der Waals surface area contributed by atoms with E-state index in [-0.39, 0.29) is 5.91 Å². The molecule has 6 nitrogen and oxygen atoms in total. The van der Waals surface area contributed by atoms with Crippen molar-refractivity contribution in [1.29, 1.82) is 0 Å². The zero-order chi connectivity index (χ0) is 19.0. The highest BCUT2D eigenvalue weighted by Crippen LogP contribution is 2.30. The van der Waals surface area contributed by atoms with Crippen LogP contribution in [0.3, 0.4) is 0 Å². The molecule has 0 saturated heterocycles. The van der Waals surface area contributed by atoms with Crippen molar-refractivity contribution < 1.29 is 14.3 Å². The van der Waals surface area contributed by atoms with Crippen molar-refractivity contribution in [2.24, 2.45) is 0 Å². The van der Waals surface area contributed by atoms with Gasteiger partial charge in [0.15, 0.2) is 5.13 Å². The molecule has 142 valence electrons. The Morgan fingerprint density at radius 3 is 2.40 bits per heavy atom. The highest BCUT2D eigenvalue weighted by Gasteiger charge is 2.24. The highest BCUT2D eigenvalue weighted by molar-refractivity contribution is 7.15. The van der Waals surface area contributed by atoms with E-state index in [4.69, 9.17) is 4.74 Å². The van der Waals surface area contributed by atoms with Gasteiger partial charge in [-0.3, -0.25) is 4.79 Å². The first-order valence-electron chi connectivity index (χ1n) is 8.96. The van der Waals surface area contributed by atoms with E-state index >= 15 is 0 Å². The first-order valence-corrected chi connectivity index (χ1v) is 9.77. The van der Waals surface area contributed by atoms with Gasteiger partial charge in [-0.05, 0) is 46.0 Å². The summed E-state index contributed by atoms with van der Waals surface area (Å²) in [6, 6.07) is -0.639. The largest absolute Gasteiger partial charge is 0.444 e. The van der Waals surface area contributed by atoms with E-state index in [2.05, 4.69) is 29.5 Å². The first kappa shape index (κ1) is 21.4. The second kappa shape index (κ2) is 9.75. The van der Waals surface area contributed by atoms with Crippen LogP contribution in [0.15, 0.2) is 6.20 Å². The molecule has 1 heterocycles. The molecule has 1 rings (SSSR count). The van der Waals surface area contributed by atoms with Crippen molar-refractivity contribution in [1.82, 2.24) is 10.3 Å². The van der Waals surface area contributed by atoms with E-state index in [1.165, 1.54) is 16.2 Å². The van der Waals surface area contributed by atoms with E-state index in [9.17, 15) is 9.59 Å². The number of thiazole rings is 1. The molecule has 25 heavy (non-hydrogen) atoms. The Balaban J connectivity index is 2.71. The lowest BCUT2D eigenvalue weighted by atomic mass is 10.0. The molecule has 0 fully saturated rings. The summed E-state index contributed by atoms with van der Waals surface area (Å²) in [6.45, 7) is 11.6. The monoisotopic (exact) mass is 369 g/mol. The van der Waals surface area contributed by atoms with Crippen molar-refractivity contribution in [2.45, 2.75) is 84.8 Å². The number of carbonyl (C=O) groups is 2. The Labute approximate surface area is 154 Å². The molecular weight excluding hydrogens is 338 g/mol. The van der Waals surface area contributed by atoms with E-state index in [0.29, 0.717) is 17.5 Å². The van der Waals surface area contributed by atoms with Gasteiger partial charge >= 0.3 is 6.09 Å². The van der Waals surface area contributed by atoms with Crippen LogP contribution in [-0.2, 0) is 9.53 Å². The standard InChI is InChI=1S/C18H31N3O3S/c1-7-10-13(20-17(23)24-18(4,5)6)15(22)21-16-19-11-14(25-16)12(8-2)9-3/h11-13H,7-10H2,1-6H3,(H,20,23)(H,19,21,22). The van der Waals surface area contributed by atoms with Gasteiger partial charge in [-0.15, -0.1) is 11.3 Å². The van der Waals surface area contributed by atoms with Gasteiger partial charge in [0.2, 0.25) is 5.91 Å². The fourth-order valence-corrected chi connectivity index (χ4v) is 3.51. The summed E-state index contributed by atoms with van der Waals surface area (Å²) in [5.41, 5.74) is -0.600. The van der Waals surface area contributed by atoms with E-state index < -0.39 is 17.7 Å². The third-order valence-electron chi connectivity index (χ3n) is 3.73. The maximum Gasteiger partial charge on any atom is 0.408 e. The quantitative estimate of drug-likeness (QED) is 0.697. The van der Waals surface area contributed by atoms with Gasteiger partial charge in [0.05, 0.1) is 0 Å². The summed E-state index contributed by atoms with van der Waals surface area (Å²) in [5, 5.41) is 6.04. The predicted molar refractivity (Wildman–Crippen MR) is 102 cm³/mol. The number of nitrogens with one attached hydrogen (secondary N) is 2. The van der Waals surface area contributed by atoms with Gasteiger partial charge in [0.25, 0.3) is 0 Å². The molecule has 0 radical (unpaired) electrons. The van der Waals surface area contributed by atoms with Crippen LogP contribution in [0.25, 0.3) is 0 Å². The second-order valence-corrected chi connectivity index (χ2v) is 8.12. The maximum atomic E-state index is 12.5. The number of rotatable bonds is 8. The Morgan fingerprint density at radius 2 is 1.88 bits per heavy atom. The Kier molecular flexibility index (Phi) is 8.35. The van der Waals surface area contributed by atoms with Crippen LogP contribution in [0.1, 0.15) is 78.0 Å². The van der Waals surface area contributed by atoms with Crippen molar-refractivity contribution in [3.05, 3.63) is 11.1 Å². The number of hydrogen-bond donors (Lipinski definition) is 2. The number of alkyl carbamates (subject to hydrolysis) is 1. The number of ether oxygens (including phenoxy) is 1. The average molecular weight is 370 g/mol. The molecule has 1 unspecified atom stereocenters. The summed E-state index contributed by atoms with van der Waals surface area (Å²) in [7, 11) is 0. The number of anilines is 1. The van der Waals surface area contributed by atoms with Gasteiger partial charge in [0, 0.05) is 11.1 Å². The SMILES string of the molecule is CCCC(NC(=O)OC(C)(C)C)C(=O)Nc1ncc(C(CC)CC)s1. The molecule has 0 bridgehead atoms. The van der Waals surface area contributed by atoms with Crippen LogP contribution in [0.4, 0.5) is 9.93 Å². The lowest BCUT2D eigenvalue weighted by Gasteiger charge is -2.22. The zero-order valence-electron chi connectivity index (χ0n) is 16.1. The number of aromatic nitrogens is 1. The summed E-state index contributed by atoms with van der Waals surface area (Å²) >= 11 is 1.50. The molecule has 2 N–H and O–H groups in total. The van der Waals surface area contributed by atoms with Crippen molar-refractivity contribution in [3.8, 4) is 0 Å². The van der Waals surface area contributed by atoms with E-state index in [0.717, 1.165) is 19.3 Å². The Hall–Kier alpha value is -1.63. The van der Waals surface area contributed by atoms with Gasteiger partial charge in [-0.25, -0.2) is 9.78 Å². The van der Waals surface area contributed by atoms with Gasteiger partial charge in [-0.2, -0.15) is 0 Å². The molecule has 7 heteroatoms. The zero-order valence-corrected chi connectivity index (χ0v) is 17.0. The average Bonchev–Trinajstić information content (AvgIpc) is 2.94. The molecule has 0 aliphatic carbocycles. The minimum Gasteiger partial charge on any atom is -0.444 e. The summed E-state index contributed by atoms with van der Waals surface area (Å²) in [6.07, 6.45) is 4.64. The molecule has 0 aliphatic heterocycles. The smallest absolute Gasteiger partial charge is 0.408 e. The third-order valence-corrected chi connectivity index (χ3v) is 4.80. The minimum absolute atomic E-state index is 0.266. The van der Waals surface area contributed by atoms with E-state index in [1.54, 1.807) is 20.8 Å². The molecule has 0 saturated carbocycles. The molecule has 1 aromatic rings. The molecule has 1 aromatic heterocycles. The summed E-state index contributed by atoms with van der Waals surface area (Å²) in [5.74, 6) is 0.202. The van der Waals surface area contributed by atoms with E-state index in [1.807, 2.05) is 13.1 Å². The molecular formula is C18H31N3O3S. The predicted octanol–water partition coefficient (Wildman–Crippen LogP) is 4.68. The van der Waals surface area contributed by atoms with Crippen LogP contribution < -0.4 is 10.6 Å². The number of carbonyl (C=O) groups excluding carboxylic acids is 2. The Bertz CT molecular complexity index is 562. The summed E-state index contributed by atoms with van der Waals surface area (Å²) < 4.78 is 5.24. The maximum absolute atomic E-state index is 12.5. The lowest BCUT2D eigenvalue weighted by molar-refractivity contribution is -0.118. The van der Waals surface area contributed by atoms with Gasteiger partial charge < -0.3 is 15.4 Å². The number of amides is 2. The fourth-order valence-electron chi connectivity index (χ4n) is 2.42. The highest BCUT2D eigenvalue weighted by atomic mass is 32.1. The molecule has 0 spiro atoms. The fraction of sp³-hybridized carbons (Fsp3) is 0.722. The van der Waals surface area contributed by atoms with Gasteiger partial charge in [0.1, 0.15) is 11.6 Å². The molecule has 1 atom stereocenters. The van der Waals surface area contributed by atoms with Crippen LogP contribution in [0, 0.1) is 0 Å². The molecule has 0 aliphatic rings. The molecule has 2 amide bonds. The van der Waals surface area contributed by atoms with Crippen molar-refractivity contribution in [2.75, 3.05) is 5.32 Å². The van der Waals surface area contributed by atoms with Crippen LogP contribution >= 0.6 is 11.3 Å². The van der Waals surface area contributed by atoms with Crippen LogP contribution in [0.2, 0.25) is 0 Å². The van der Waals surface area contributed by atoms with Crippen LogP contribution in [-0.4, -0.2) is 28.6 Å². The first-order chi connectivity index (χ1) is 11.7. The Morgan fingerprint density at radius 1 is 1.24 bits per heavy atom. The second-order valence-electron chi connectivity index (χ2n) is 7.06. The van der Waals surface area contributed by atoms with Crippen molar-refractivity contribution >= 4 is 28.5 Å². The lowest BCUT2D eigenvalue weighted by Crippen LogP contribution is -2.45. The van der Waals surface area contributed by atoms with Crippen LogP contribution in [0.5, 0.6) is 0 Å². The number of nitrogens with zero attached hydrogens (tertiary/aromatic N) is 1. The van der Waals surface area contributed by atoms with Crippen molar-refractivity contribution in [3.63, 3.8) is 0 Å². The van der Waals surface area contributed by atoms with Gasteiger partial charge in [-0.1, -0.05) is 27.2 Å². The topological polar surface area (TPSA) is 80.3 Å². The third kappa shape index (κ3) is 7.42.